The lowest BCUT2D eigenvalue weighted by Crippen LogP contribution is -2.60. The van der Waals surface area contributed by atoms with E-state index in [4.69, 9.17) is 17.2 Å². The molecule has 0 rings (SSSR count). The van der Waals surface area contributed by atoms with Crippen LogP contribution in [0.2, 0.25) is 0 Å². The van der Waals surface area contributed by atoms with Gasteiger partial charge in [-0.15, -0.1) is 0 Å². The maximum Gasteiger partial charge on any atom is 0.326 e. The van der Waals surface area contributed by atoms with E-state index in [1.165, 1.54) is 13.8 Å². The summed E-state index contributed by atoms with van der Waals surface area (Å²) in [6, 6.07) is -5.84. The first-order valence-electron chi connectivity index (χ1n) is 10.1. The van der Waals surface area contributed by atoms with Crippen molar-refractivity contribution in [2.45, 2.75) is 75.9 Å². The van der Waals surface area contributed by atoms with Gasteiger partial charge in [-0.3, -0.25) is 19.2 Å². The van der Waals surface area contributed by atoms with E-state index >= 15 is 0 Å². The number of nitrogens with one attached hydrogen (secondary N) is 3. The third-order valence-corrected chi connectivity index (χ3v) is 4.48. The van der Waals surface area contributed by atoms with Crippen molar-refractivity contribution in [1.29, 1.82) is 0 Å². The maximum atomic E-state index is 12.6. The molecule has 0 spiro atoms. The van der Waals surface area contributed by atoms with E-state index in [-0.39, 0.29) is 6.42 Å². The average Bonchev–Trinajstić information content (AvgIpc) is 2.68. The summed E-state index contributed by atoms with van der Waals surface area (Å²) < 4.78 is 0. The second-order valence-electron chi connectivity index (χ2n) is 7.41. The third kappa shape index (κ3) is 10.5. The number of carbonyl (C=O) groups is 5. The minimum absolute atomic E-state index is 0.0797. The summed E-state index contributed by atoms with van der Waals surface area (Å²) >= 11 is 0. The van der Waals surface area contributed by atoms with Crippen LogP contribution >= 0.6 is 0 Å². The van der Waals surface area contributed by atoms with Gasteiger partial charge in [0.25, 0.3) is 0 Å². The van der Waals surface area contributed by atoms with E-state index in [1.807, 2.05) is 0 Å². The van der Waals surface area contributed by atoms with Crippen molar-refractivity contribution in [1.82, 2.24) is 16.0 Å². The van der Waals surface area contributed by atoms with E-state index in [0.717, 1.165) is 0 Å². The summed E-state index contributed by atoms with van der Waals surface area (Å²) in [7, 11) is 0. The lowest BCUT2D eigenvalue weighted by atomic mass is 10.1. The fourth-order valence-electron chi connectivity index (χ4n) is 2.57. The van der Waals surface area contributed by atoms with Crippen LogP contribution in [0.25, 0.3) is 0 Å². The van der Waals surface area contributed by atoms with Crippen molar-refractivity contribution in [2.24, 2.45) is 17.2 Å². The first kappa shape index (κ1) is 29.2. The van der Waals surface area contributed by atoms with Crippen LogP contribution in [0.1, 0.15) is 39.5 Å². The lowest BCUT2D eigenvalue weighted by molar-refractivity contribution is -0.143. The number of aliphatic hydroxyl groups is 2. The number of hydrogen-bond donors (Lipinski definition) is 9. The number of primary amides is 1. The summed E-state index contributed by atoms with van der Waals surface area (Å²) in [4.78, 5) is 59.9. The molecule has 0 aromatic rings. The molecule has 0 saturated carbocycles. The number of hydrogen-bond acceptors (Lipinski definition) is 9. The SMILES string of the molecule is C[C@@H](O)[C@H](N)C(=O)N[C@@H](CC(N)=O)C(=O)N[C@H](C(=O)N[C@@H](CCCCN)C(=O)O)[C@@H](C)O. The topological polar surface area (TPSA) is 260 Å². The molecule has 0 fully saturated rings. The van der Waals surface area contributed by atoms with Crippen molar-refractivity contribution >= 4 is 29.6 Å². The van der Waals surface area contributed by atoms with E-state index in [0.29, 0.717) is 19.4 Å². The second-order valence-corrected chi connectivity index (χ2v) is 7.41. The van der Waals surface area contributed by atoms with E-state index in [1.54, 1.807) is 0 Å². The van der Waals surface area contributed by atoms with E-state index in [2.05, 4.69) is 16.0 Å². The Labute approximate surface area is 185 Å². The fourth-order valence-corrected chi connectivity index (χ4v) is 2.57. The van der Waals surface area contributed by atoms with Gasteiger partial charge in [0.2, 0.25) is 23.6 Å². The summed E-state index contributed by atoms with van der Waals surface area (Å²) in [6.45, 7) is 2.77. The Morgan fingerprint density at radius 2 is 1.41 bits per heavy atom. The minimum atomic E-state index is -1.60. The maximum absolute atomic E-state index is 12.6. The molecule has 4 amide bonds. The molecule has 0 aromatic heterocycles. The second kappa shape index (κ2) is 14.3. The van der Waals surface area contributed by atoms with Gasteiger partial charge in [0, 0.05) is 0 Å². The van der Waals surface area contributed by atoms with Crippen LogP contribution in [0.5, 0.6) is 0 Å². The van der Waals surface area contributed by atoms with Crippen LogP contribution in [0.15, 0.2) is 0 Å². The Hall–Kier alpha value is -2.81. The van der Waals surface area contributed by atoms with Gasteiger partial charge in [-0.2, -0.15) is 0 Å². The summed E-state index contributed by atoms with van der Waals surface area (Å²) in [5, 5.41) is 35.2. The van der Waals surface area contributed by atoms with E-state index < -0.39 is 72.4 Å². The summed E-state index contributed by atoms with van der Waals surface area (Å²) in [5.74, 6) is -5.26. The number of rotatable bonds is 15. The first-order chi connectivity index (χ1) is 14.8. The monoisotopic (exact) mass is 462 g/mol. The number of amides is 4. The smallest absolute Gasteiger partial charge is 0.326 e. The molecule has 0 aliphatic heterocycles. The van der Waals surface area contributed by atoms with Gasteiger partial charge in [-0.1, -0.05) is 0 Å². The van der Waals surface area contributed by atoms with Crippen LogP contribution in [-0.2, 0) is 24.0 Å². The Morgan fingerprint density at radius 1 is 0.844 bits per heavy atom. The standard InChI is InChI=1S/C18H34N6O8/c1-8(25)13(21)16(29)23-11(7-12(20)27)15(28)24-14(9(2)26)17(30)22-10(18(31)32)5-3-4-6-19/h8-11,13-14,25-26H,3-7,19,21H2,1-2H3,(H2,20,27)(H,22,30)(H,23,29)(H,24,28)(H,31,32)/t8-,9-,10+,11+,13+,14+/m1/s1. The predicted molar refractivity (Wildman–Crippen MR) is 111 cm³/mol. The zero-order valence-corrected chi connectivity index (χ0v) is 18.1. The molecule has 32 heavy (non-hydrogen) atoms. The van der Waals surface area contributed by atoms with Gasteiger partial charge < -0.3 is 48.5 Å². The average molecular weight is 463 g/mol. The highest BCUT2D eigenvalue weighted by atomic mass is 16.4. The van der Waals surface area contributed by atoms with Crippen LogP contribution < -0.4 is 33.2 Å². The Bertz CT molecular complexity index is 672. The van der Waals surface area contributed by atoms with Gasteiger partial charge >= 0.3 is 5.97 Å². The Morgan fingerprint density at radius 3 is 1.84 bits per heavy atom. The quantitative estimate of drug-likeness (QED) is 0.105. The van der Waals surface area contributed by atoms with Crippen LogP contribution in [0, 0.1) is 0 Å². The number of nitrogens with two attached hydrogens (primary N) is 3. The van der Waals surface area contributed by atoms with Gasteiger partial charge in [0.05, 0.1) is 18.6 Å². The predicted octanol–water partition coefficient (Wildman–Crippen LogP) is -4.38. The number of carboxylic acids is 1. The van der Waals surface area contributed by atoms with Crippen LogP contribution in [0.3, 0.4) is 0 Å². The normalized spacial score (nSPS) is 16.6. The molecule has 0 aromatic carbocycles. The molecule has 14 heteroatoms. The Kier molecular flexibility index (Phi) is 13.0. The van der Waals surface area contributed by atoms with Gasteiger partial charge in [-0.25, -0.2) is 4.79 Å². The summed E-state index contributed by atoms with van der Waals surface area (Å²) in [6.07, 6.45) is -2.32. The molecule has 0 aliphatic carbocycles. The molecule has 0 heterocycles. The molecule has 0 radical (unpaired) electrons. The highest BCUT2D eigenvalue weighted by Crippen LogP contribution is 2.04. The number of unbranched alkanes of at least 4 members (excludes halogenated alkanes) is 1. The molecule has 12 N–H and O–H groups in total. The number of aliphatic hydroxyl groups excluding tert-OH is 2. The molecule has 14 nitrogen and oxygen atoms in total. The highest BCUT2D eigenvalue weighted by molar-refractivity contribution is 5.96. The molecular weight excluding hydrogens is 428 g/mol. The Balaban J connectivity index is 5.39. The van der Waals surface area contributed by atoms with Gasteiger partial charge in [0.15, 0.2) is 0 Å². The zero-order valence-electron chi connectivity index (χ0n) is 18.1. The van der Waals surface area contributed by atoms with Crippen molar-refractivity contribution in [3.8, 4) is 0 Å². The van der Waals surface area contributed by atoms with Gasteiger partial charge in [0.1, 0.15) is 24.2 Å². The molecule has 184 valence electrons. The molecule has 0 bridgehead atoms. The largest absolute Gasteiger partial charge is 0.480 e. The molecule has 6 atom stereocenters. The summed E-state index contributed by atoms with van der Waals surface area (Å²) in [5.41, 5.74) is 16.0. The van der Waals surface area contributed by atoms with Crippen LogP contribution in [-0.4, -0.2) is 87.8 Å². The molecular formula is C18H34N6O8. The number of aliphatic carboxylic acids is 1. The van der Waals surface area contributed by atoms with Gasteiger partial charge in [-0.05, 0) is 39.7 Å². The lowest BCUT2D eigenvalue weighted by Gasteiger charge is -2.26. The molecule has 0 saturated heterocycles. The number of carbonyl (C=O) groups excluding carboxylic acids is 4. The minimum Gasteiger partial charge on any atom is -0.480 e. The van der Waals surface area contributed by atoms with Crippen LogP contribution in [0.4, 0.5) is 0 Å². The third-order valence-electron chi connectivity index (χ3n) is 4.48. The fraction of sp³-hybridized carbons (Fsp3) is 0.722. The highest BCUT2D eigenvalue weighted by Gasteiger charge is 2.33. The van der Waals surface area contributed by atoms with E-state index in [9.17, 15) is 39.3 Å². The zero-order chi connectivity index (χ0) is 25.0. The van der Waals surface area contributed by atoms with Crippen molar-refractivity contribution in [3.05, 3.63) is 0 Å². The molecule has 0 unspecified atom stereocenters. The van der Waals surface area contributed by atoms with Crippen molar-refractivity contribution < 1.29 is 39.3 Å². The first-order valence-corrected chi connectivity index (χ1v) is 10.1. The van der Waals surface area contributed by atoms with Crippen molar-refractivity contribution in [3.63, 3.8) is 0 Å². The van der Waals surface area contributed by atoms with Crippen molar-refractivity contribution in [2.75, 3.05) is 6.54 Å². The number of carboxylic acid groups (broad SMARTS) is 1. The molecule has 0 aliphatic rings.